The summed E-state index contributed by atoms with van der Waals surface area (Å²) < 4.78 is 5.46. The number of ether oxygens (including phenoxy) is 1. The van der Waals surface area contributed by atoms with Crippen LogP contribution in [0.2, 0.25) is 5.02 Å². The summed E-state index contributed by atoms with van der Waals surface area (Å²) in [4.78, 5) is 5.05. The molecule has 0 bridgehead atoms. The molecule has 0 saturated carbocycles. The summed E-state index contributed by atoms with van der Waals surface area (Å²) in [5.41, 5.74) is 2.52. The first-order valence-corrected chi connectivity index (χ1v) is 8.89. The maximum atomic E-state index is 6.52. The Morgan fingerprint density at radius 2 is 1.77 bits per heavy atom. The van der Waals surface area contributed by atoms with Crippen molar-refractivity contribution in [3.8, 4) is 0 Å². The van der Waals surface area contributed by atoms with Crippen LogP contribution in [0, 0.1) is 0 Å². The van der Waals surface area contributed by atoms with E-state index in [0.717, 1.165) is 44.4 Å². The van der Waals surface area contributed by atoms with E-state index in [4.69, 9.17) is 16.3 Å². The molecular weight excluding hydrogens is 296 g/mol. The lowest BCUT2D eigenvalue weighted by Gasteiger charge is -2.41. The molecule has 2 heterocycles. The zero-order valence-electron chi connectivity index (χ0n) is 13.7. The highest BCUT2D eigenvalue weighted by Crippen LogP contribution is 2.32. The van der Waals surface area contributed by atoms with Crippen molar-refractivity contribution in [3.05, 3.63) is 28.8 Å². The van der Waals surface area contributed by atoms with Gasteiger partial charge in [0.05, 0.1) is 23.9 Å². The van der Waals surface area contributed by atoms with Crippen LogP contribution in [-0.2, 0) is 4.74 Å². The number of rotatable bonds is 3. The molecule has 1 aromatic carbocycles. The molecule has 2 aliphatic rings. The van der Waals surface area contributed by atoms with Crippen LogP contribution in [0.1, 0.15) is 38.2 Å². The quantitative estimate of drug-likeness (QED) is 0.842. The molecule has 0 unspecified atom stereocenters. The van der Waals surface area contributed by atoms with Gasteiger partial charge in [0, 0.05) is 32.2 Å². The fraction of sp³-hybridized carbons (Fsp3) is 0.667. The molecule has 0 atom stereocenters. The number of hydrogen-bond donors (Lipinski definition) is 0. The van der Waals surface area contributed by atoms with E-state index in [0.29, 0.717) is 12.0 Å². The van der Waals surface area contributed by atoms with E-state index in [1.165, 1.54) is 24.1 Å². The van der Waals surface area contributed by atoms with Crippen molar-refractivity contribution in [3.63, 3.8) is 0 Å². The maximum Gasteiger partial charge on any atom is 0.0642 e. The number of benzene rings is 1. The number of nitrogens with zero attached hydrogens (tertiary/aromatic N) is 2. The lowest BCUT2D eigenvalue weighted by molar-refractivity contribution is 0.0115. The van der Waals surface area contributed by atoms with Gasteiger partial charge in [0.2, 0.25) is 0 Å². The molecule has 2 aliphatic heterocycles. The van der Waals surface area contributed by atoms with Crippen LogP contribution in [-0.4, -0.2) is 50.3 Å². The Labute approximate surface area is 139 Å². The third-order valence-electron chi connectivity index (χ3n) is 5.01. The molecule has 4 heteroatoms. The van der Waals surface area contributed by atoms with Gasteiger partial charge in [-0.3, -0.25) is 4.90 Å². The van der Waals surface area contributed by atoms with Gasteiger partial charge in [-0.2, -0.15) is 0 Å². The van der Waals surface area contributed by atoms with Gasteiger partial charge in [0.15, 0.2) is 0 Å². The van der Waals surface area contributed by atoms with Gasteiger partial charge >= 0.3 is 0 Å². The molecule has 0 aromatic heterocycles. The van der Waals surface area contributed by atoms with Gasteiger partial charge in [0.1, 0.15) is 0 Å². The Balaban J connectivity index is 1.61. The third-order valence-corrected chi connectivity index (χ3v) is 5.31. The number of morpholine rings is 1. The predicted molar refractivity (Wildman–Crippen MR) is 93.2 cm³/mol. The summed E-state index contributed by atoms with van der Waals surface area (Å²) in [5, 5.41) is 0.899. The number of hydrogen-bond acceptors (Lipinski definition) is 3. The normalized spacial score (nSPS) is 21.5. The Hall–Kier alpha value is -0.770. The van der Waals surface area contributed by atoms with E-state index in [1.54, 1.807) is 0 Å². The summed E-state index contributed by atoms with van der Waals surface area (Å²) in [6.45, 7) is 10.6. The second-order valence-electron chi connectivity index (χ2n) is 6.73. The summed E-state index contributed by atoms with van der Waals surface area (Å²) in [7, 11) is 0. The van der Waals surface area contributed by atoms with E-state index in [9.17, 15) is 0 Å². The SMILES string of the molecule is CC(C)c1ccc(N2CCC(N3CCOCC3)CC2)c(Cl)c1. The van der Waals surface area contributed by atoms with Crippen LogP contribution in [0.4, 0.5) is 5.69 Å². The zero-order valence-corrected chi connectivity index (χ0v) is 14.5. The molecule has 22 heavy (non-hydrogen) atoms. The third kappa shape index (κ3) is 3.58. The molecule has 2 saturated heterocycles. The summed E-state index contributed by atoms with van der Waals surface area (Å²) in [5.74, 6) is 0.526. The Morgan fingerprint density at radius 1 is 1.09 bits per heavy atom. The second kappa shape index (κ2) is 7.20. The van der Waals surface area contributed by atoms with Crippen molar-refractivity contribution in [2.24, 2.45) is 0 Å². The summed E-state index contributed by atoms with van der Waals surface area (Å²) in [6.07, 6.45) is 2.45. The minimum atomic E-state index is 0.526. The highest BCUT2D eigenvalue weighted by molar-refractivity contribution is 6.33. The minimum absolute atomic E-state index is 0.526. The summed E-state index contributed by atoms with van der Waals surface area (Å²) >= 11 is 6.52. The van der Waals surface area contributed by atoms with Crippen molar-refractivity contribution >= 4 is 17.3 Å². The first-order valence-electron chi connectivity index (χ1n) is 8.51. The Kier molecular flexibility index (Phi) is 5.27. The fourth-order valence-electron chi connectivity index (χ4n) is 3.55. The van der Waals surface area contributed by atoms with Gasteiger partial charge in [0.25, 0.3) is 0 Å². The number of halogens is 1. The smallest absolute Gasteiger partial charge is 0.0642 e. The van der Waals surface area contributed by atoms with Crippen molar-refractivity contribution in [2.75, 3.05) is 44.3 Å². The standard InChI is InChI=1S/C18H27ClN2O/c1-14(2)15-3-4-18(17(19)13-15)21-7-5-16(6-8-21)20-9-11-22-12-10-20/h3-4,13-14,16H,5-12H2,1-2H3. The molecular formula is C18H27ClN2O. The van der Waals surface area contributed by atoms with Crippen LogP contribution in [0.15, 0.2) is 18.2 Å². The van der Waals surface area contributed by atoms with E-state index < -0.39 is 0 Å². The van der Waals surface area contributed by atoms with Crippen LogP contribution in [0.5, 0.6) is 0 Å². The molecule has 0 N–H and O–H groups in total. The molecule has 0 amide bonds. The Bertz CT molecular complexity index is 492. The monoisotopic (exact) mass is 322 g/mol. The lowest BCUT2D eigenvalue weighted by Crippen LogP contribution is -2.49. The topological polar surface area (TPSA) is 15.7 Å². The van der Waals surface area contributed by atoms with Gasteiger partial charge in [-0.15, -0.1) is 0 Å². The number of piperidine rings is 1. The van der Waals surface area contributed by atoms with E-state index in [2.05, 4.69) is 41.8 Å². The Morgan fingerprint density at radius 3 is 2.36 bits per heavy atom. The summed E-state index contributed by atoms with van der Waals surface area (Å²) in [6, 6.07) is 7.27. The maximum absolute atomic E-state index is 6.52. The molecule has 0 spiro atoms. The molecule has 0 aliphatic carbocycles. The fourth-order valence-corrected chi connectivity index (χ4v) is 3.86. The van der Waals surface area contributed by atoms with E-state index >= 15 is 0 Å². The van der Waals surface area contributed by atoms with Crippen molar-refractivity contribution in [2.45, 2.75) is 38.6 Å². The van der Waals surface area contributed by atoms with Crippen LogP contribution in [0.3, 0.4) is 0 Å². The minimum Gasteiger partial charge on any atom is -0.379 e. The van der Waals surface area contributed by atoms with E-state index in [-0.39, 0.29) is 0 Å². The first-order chi connectivity index (χ1) is 10.6. The zero-order chi connectivity index (χ0) is 15.5. The van der Waals surface area contributed by atoms with Crippen molar-refractivity contribution < 1.29 is 4.74 Å². The predicted octanol–water partition coefficient (Wildman–Crippen LogP) is 3.76. The molecule has 122 valence electrons. The van der Waals surface area contributed by atoms with Crippen molar-refractivity contribution in [1.82, 2.24) is 4.90 Å². The average Bonchev–Trinajstić information content (AvgIpc) is 2.56. The van der Waals surface area contributed by atoms with Crippen LogP contribution >= 0.6 is 11.6 Å². The second-order valence-corrected chi connectivity index (χ2v) is 7.14. The van der Waals surface area contributed by atoms with Crippen LogP contribution in [0.25, 0.3) is 0 Å². The molecule has 1 aromatic rings. The first kappa shape index (κ1) is 16.1. The molecule has 0 radical (unpaired) electrons. The van der Waals surface area contributed by atoms with E-state index in [1.807, 2.05) is 0 Å². The highest BCUT2D eigenvalue weighted by atomic mass is 35.5. The van der Waals surface area contributed by atoms with Crippen molar-refractivity contribution in [1.29, 1.82) is 0 Å². The largest absolute Gasteiger partial charge is 0.379 e. The molecule has 3 rings (SSSR count). The molecule has 3 nitrogen and oxygen atoms in total. The lowest BCUT2D eigenvalue weighted by atomic mass is 10.00. The highest BCUT2D eigenvalue weighted by Gasteiger charge is 2.26. The van der Waals surface area contributed by atoms with Gasteiger partial charge in [-0.05, 0) is 36.5 Å². The van der Waals surface area contributed by atoms with Crippen LogP contribution < -0.4 is 4.90 Å². The molecule has 2 fully saturated rings. The average molecular weight is 323 g/mol. The number of anilines is 1. The van der Waals surface area contributed by atoms with Gasteiger partial charge in [-0.25, -0.2) is 0 Å². The van der Waals surface area contributed by atoms with Gasteiger partial charge in [-0.1, -0.05) is 31.5 Å². The van der Waals surface area contributed by atoms with Gasteiger partial charge < -0.3 is 9.64 Å².